The van der Waals surface area contributed by atoms with Crippen LogP contribution in [0.2, 0.25) is 0 Å². The van der Waals surface area contributed by atoms with Gasteiger partial charge in [-0.05, 0) is 43.7 Å². The molecule has 1 fully saturated rings. The summed E-state index contributed by atoms with van der Waals surface area (Å²) in [5.41, 5.74) is 1.70. The van der Waals surface area contributed by atoms with Crippen molar-refractivity contribution in [3.63, 3.8) is 0 Å². The molecule has 1 N–H and O–H groups in total. The van der Waals surface area contributed by atoms with Crippen LogP contribution in [0.4, 0.5) is 5.69 Å². The fourth-order valence-corrected chi connectivity index (χ4v) is 3.14. The minimum absolute atomic E-state index is 0.0612. The second-order valence-electron chi connectivity index (χ2n) is 6.32. The zero-order chi connectivity index (χ0) is 18.5. The van der Waals surface area contributed by atoms with Crippen molar-refractivity contribution in [2.24, 2.45) is 5.92 Å². The molecule has 2 unspecified atom stereocenters. The predicted molar refractivity (Wildman–Crippen MR) is 98.9 cm³/mol. The molecular formula is C20H23N3O3. The number of aromatic nitrogens is 1. The number of hydrogen-bond donors (Lipinski definition) is 1. The number of amides is 2. The van der Waals surface area contributed by atoms with E-state index in [2.05, 4.69) is 10.3 Å². The molecule has 1 aromatic carbocycles. The topological polar surface area (TPSA) is 71.5 Å². The molecule has 6 heteroatoms. The summed E-state index contributed by atoms with van der Waals surface area (Å²) in [5, 5.41) is 2.99. The molecule has 1 saturated heterocycles. The molecular weight excluding hydrogens is 330 g/mol. The predicted octanol–water partition coefficient (Wildman–Crippen LogP) is 2.71. The first-order valence-corrected chi connectivity index (χ1v) is 8.82. The number of benzene rings is 1. The lowest BCUT2D eigenvalue weighted by molar-refractivity contribution is -0.126. The van der Waals surface area contributed by atoms with Crippen LogP contribution in [-0.4, -0.2) is 29.9 Å². The molecule has 1 aliphatic rings. The zero-order valence-corrected chi connectivity index (χ0v) is 15.0. The third-order valence-corrected chi connectivity index (χ3v) is 4.52. The van der Waals surface area contributed by atoms with Crippen molar-refractivity contribution in [2.75, 3.05) is 18.1 Å². The van der Waals surface area contributed by atoms with Gasteiger partial charge in [0, 0.05) is 25.4 Å². The van der Waals surface area contributed by atoms with E-state index in [4.69, 9.17) is 4.74 Å². The lowest BCUT2D eigenvalue weighted by Crippen LogP contribution is -2.34. The first kappa shape index (κ1) is 17.9. The lowest BCUT2D eigenvalue weighted by atomic mass is 10.1. The quantitative estimate of drug-likeness (QED) is 0.867. The maximum atomic E-state index is 12.6. The molecule has 3 rings (SSSR count). The largest absolute Gasteiger partial charge is 0.492 e. The SMILES string of the molecule is CCOc1ccccc1N1CC(C(=O)NC(C)c2ccncc2)CC1=O. The molecule has 26 heavy (non-hydrogen) atoms. The van der Waals surface area contributed by atoms with E-state index in [9.17, 15) is 9.59 Å². The van der Waals surface area contributed by atoms with Gasteiger partial charge in [-0.25, -0.2) is 0 Å². The number of rotatable bonds is 6. The van der Waals surface area contributed by atoms with E-state index in [0.29, 0.717) is 18.9 Å². The Bertz CT molecular complexity index is 779. The van der Waals surface area contributed by atoms with Crippen LogP contribution < -0.4 is 15.0 Å². The normalized spacial score (nSPS) is 17.8. The van der Waals surface area contributed by atoms with Gasteiger partial charge in [0.05, 0.1) is 24.3 Å². The average Bonchev–Trinajstić information content (AvgIpc) is 3.05. The number of nitrogens with one attached hydrogen (secondary N) is 1. The number of para-hydroxylation sites is 2. The van der Waals surface area contributed by atoms with Crippen LogP contribution in [0.5, 0.6) is 5.75 Å². The molecule has 0 saturated carbocycles. The van der Waals surface area contributed by atoms with Crippen molar-refractivity contribution in [1.82, 2.24) is 10.3 Å². The van der Waals surface area contributed by atoms with E-state index in [1.807, 2.05) is 50.2 Å². The molecule has 6 nitrogen and oxygen atoms in total. The highest BCUT2D eigenvalue weighted by atomic mass is 16.5. The van der Waals surface area contributed by atoms with Crippen molar-refractivity contribution in [3.05, 3.63) is 54.4 Å². The zero-order valence-electron chi connectivity index (χ0n) is 15.0. The summed E-state index contributed by atoms with van der Waals surface area (Å²) in [5.74, 6) is 0.115. The van der Waals surface area contributed by atoms with E-state index >= 15 is 0 Å². The molecule has 136 valence electrons. The molecule has 1 aliphatic heterocycles. The smallest absolute Gasteiger partial charge is 0.227 e. The Morgan fingerprint density at radius 3 is 2.77 bits per heavy atom. The Morgan fingerprint density at radius 2 is 2.04 bits per heavy atom. The standard InChI is InChI=1S/C20H23N3O3/c1-3-26-18-7-5-4-6-17(18)23-13-16(12-19(23)24)20(25)22-14(2)15-8-10-21-11-9-15/h4-11,14,16H,3,12-13H2,1-2H3,(H,22,25). The molecule has 2 amide bonds. The van der Waals surface area contributed by atoms with Crippen LogP contribution in [0, 0.1) is 5.92 Å². The highest BCUT2D eigenvalue weighted by molar-refractivity contribution is 6.01. The Balaban J connectivity index is 1.69. The van der Waals surface area contributed by atoms with Gasteiger partial charge in [-0.1, -0.05) is 12.1 Å². The molecule has 2 heterocycles. The van der Waals surface area contributed by atoms with Crippen molar-refractivity contribution < 1.29 is 14.3 Å². The fourth-order valence-electron chi connectivity index (χ4n) is 3.14. The molecule has 1 aromatic heterocycles. The van der Waals surface area contributed by atoms with Gasteiger partial charge < -0.3 is 15.0 Å². The van der Waals surface area contributed by atoms with Crippen LogP contribution in [0.25, 0.3) is 0 Å². The summed E-state index contributed by atoms with van der Waals surface area (Å²) in [4.78, 5) is 30.7. The summed E-state index contributed by atoms with van der Waals surface area (Å²) in [6.07, 6.45) is 3.60. The maximum Gasteiger partial charge on any atom is 0.227 e. The average molecular weight is 353 g/mol. The van der Waals surface area contributed by atoms with Gasteiger partial charge in [-0.3, -0.25) is 14.6 Å². The third-order valence-electron chi connectivity index (χ3n) is 4.52. The van der Waals surface area contributed by atoms with Crippen LogP contribution in [0.3, 0.4) is 0 Å². The van der Waals surface area contributed by atoms with E-state index in [1.165, 1.54) is 0 Å². The van der Waals surface area contributed by atoms with E-state index in [0.717, 1.165) is 11.3 Å². The van der Waals surface area contributed by atoms with Crippen LogP contribution in [-0.2, 0) is 9.59 Å². The molecule has 0 radical (unpaired) electrons. The fraction of sp³-hybridized carbons (Fsp3) is 0.350. The minimum Gasteiger partial charge on any atom is -0.492 e. The van der Waals surface area contributed by atoms with Crippen molar-refractivity contribution in [3.8, 4) is 5.75 Å². The maximum absolute atomic E-state index is 12.6. The summed E-state index contributed by atoms with van der Waals surface area (Å²) in [6, 6.07) is 11.0. The molecule has 0 bridgehead atoms. The Labute approximate surface area is 153 Å². The number of pyridine rings is 1. The van der Waals surface area contributed by atoms with E-state index in [1.54, 1.807) is 17.3 Å². The number of hydrogen-bond acceptors (Lipinski definition) is 4. The van der Waals surface area contributed by atoms with Crippen molar-refractivity contribution in [1.29, 1.82) is 0 Å². The van der Waals surface area contributed by atoms with Gasteiger partial charge in [0.15, 0.2) is 0 Å². The second kappa shape index (κ2) is 7.99. The number of carbonyl (C=O) groups excluding carboxylic acids is 2. The molecule has 2 atom stereocenters. The van der Waals surface area contributed by atoms with Gasteiger partial charge in [0.25, 0.3) is 0 Å². The van der Waals surface area contributed by atoms with Crippen LogP contribution in [0.1, 0.15) is 31.9 Å². The van der Waals surface area contributed by atoms with Crippen molar-refractivity contribution >= 4 is 17.5 Å². The molecule has 0 spiro atoms. The van der Waals surface area contributed by atoms with Gasteiger partial charge in [-0.2, -0.15) is 0 Å². The van der Waals surface area contributed by atoms with Gasteiger partial charge >= 0.3 is 0 Å². The van der Waals surface area contributed by atoms with E-state index < -0.39 is 0 Å². The third kappa shape index (κ3) is 3.85. The van der Waals surface area contributed by atoms with Gasteiger partial charge in [0.2, 0.25) is 11.8 Å². The van der Waals surface area contributed by atoms with Crippen LogP contribution >= 0.6 is 0 Å². The number of nitrogens with zero attached hydrogens (tertiary/aromatic N) is 2. The van der Waals surface area contributed by atoms with Crippen molar-refractivity contribution in [2.45, 2.75) is 26.3 Å². The molecule has 2 aromatic rings. The molecule has 0 aliphatic carbocycles. The van der Waals surface area contributed by atoms with E-state index in [-0.39, 0.29) is 30.2 Å². The first-order valence-electron chi connectivity index (χ1n) is 8.82. The summed E-state index contributed by atoms with van der Waals surface area (Å²) >= 11 is 0. The lowest BCUT2D eigenvalue weighted by Gasteiger charge is -2.20. The Hall–Kier alpha value is -2.89. The summed E-state index contributed by atoms with van der Waals surface area (Å²) in [7, 11) is 0. The Morgan fingerprint density at radius 1 is 1.31 bits per heavy atom. The van der Waals surface area contributed by atoms with Gasteiger partial charge in [0.1, 0.15) is 5.75 Å². The summed E-state index contributed by atoms with van der Waals surface area (Å²) < 4.78 is 5.62. The summed E-state index contributed by atoms with van der Waals surface area (Å²) in [6.45, 7) is 4.70. The number of anilines is 1. The minimum atomic E-state index is -0.374. The number of carbonyl (C=O) groups is 2. The highest BCUT2D eigenvalue weighted by Crippen LogP contribution is 2.33. The monoisotopic (exact) mass is 353 g/mol. The Kier molecular flexibility index (Phi) is 5.51. The highest BCUT2D eigenvalue weighted by Gasteiger charge is 2.36. The van der Waals surface area contributed by atoms with Crippen LogP contribution in [0.15, 0.2) is 48.8 Å². The first-order chi connectivity index (χ1) is 12.6. The second-order valence-corrected chi connectivity index (χ2v) is 6.32. The number of ether oxygens (including phenoxy) is 1. The van der Waals surface area contributed by atoms with Gasteiger partial charge in [-0.15, -0.1) is 0 Å².